The van der Waals surface area contributed by atoms with Gasteiger partial charge in [0, 0.05) is 25.7 Å². The molecule has 0 aromatic carbocycles. The summed E-state index contributed by atoms with van der Waals surface area (Å²) in [6.07, 6.45) is 2.63. The zero-order valence-electron chi connectivity index (χ0n) is 10.4. The second-order valence-electron chi connectivity index (χ2n) is 5.37. The third-order valence-electron chi connectivity index (χ3n) is 2.94. The minimum absolute atomic E-state index is 0.286. The molecule has 1 aliphatic rings. The van der Waals surface area contributed by atoms with E-state index in [9.17, 15) is 0 Å². The summed E-state index contributed by atoms with van der Waals surface area (Å²) in [5, 5.41) is 12.4. The van der Waals surface area contributed by atoms with Crippen LogP contribution < -0.4 is 5.32 Å². The van der Waals surface area contributed by atoms with E-state index in [1.807, 2.05) is 0 Å². The molecule has 1 fully saturated rings. The SMILES string of the molecule is CCNCC(C)(C)CN(CCO)C1CC1. The zero-order chi connectivity index (χ0) is 11.3. The molecule has 0 aromatic heterocycles. The highest BCUT2D eigenvalue weighted by molar-refractivity contribution is 4.88. The molecule has 0 saturated heterocycles. The summed E-state index contributed by atoms with van der Waals surface area (Å²) in [6, 6.07) is 0.748. The molecule has 0 bridgehead atoms. The van der Waals surface area contributed by atoms with E-state index in [1.165, 1.54) is 12.8 Å². The van der Waals surface area contributed by atoms with Crippen LogP contribution in [0.3, 0.4) is 0 Å². The van der Waals surface area contributed by atoms with E-state index in [1.54, 1.807) is 0 Å². The van der Waals surface area contributed by atoms with Crippen molar-refractivity contribution in [3.63, 3.8) is 0 Å². The Morgan fingerprint density at radius 1 is 1.40 bits per heavy atom. The lowest BCUT2D eigenvalue weighted by Gasteiger charge is -2.32. The molecule has 3 heteroatoms. The van der Waals surface area contributed by atoms with E-state index >= 15 is 0 Å². The van der Waals surface area contributed by atoms with E-state index in [-0.39, 0.29) is 6.61 Å². The molecule has 15 heavy (non-hydrogen) atoms. The van der Waals surface area contributed by atoms with Crippen molar-refractivity contribution in [2.45, 2.75) is 39.7 Å². The van der Waals surface area contributed by atoms with Crippen LogP contribution in [0.4, 0.5) is 0 Å². The fourth-order valence-corrected chi connectivity index (χ4v) is 2.03. The Kier molecular flexibility index (Phi) is 5.03. The van der Waals surface area contributed by atoms with Crippen molar-refractivity contribution in [3.05, 3.63) is 0 Å². The van der Waals surface area contributed by atoms with Crippen molar-refractivity contribution in [3.8, 4) is 0 Å². The standard InChI is InChI=1S/C12H26N2O/c1-4-13-9-12(2,3)10-14(7-8-15)11-5-6-11/h11,13,15H,4-10H2,1-3H3. The molecule has 2 N–H and O–H groups in total. The van der Waals surface area contributed by atoms with Crippen molar-refractivity contribution in [2.75, 3.05) is 32.8 Å². The summed E-state index contributed by atoms with van der Waals surface area (Å²) < 4.78 is 0. The fourth-order valence-electron chi connectivity index (χ4n) is 2.03. The molecule has 0 spiro atoms. The summed E-state index contributed by atoms with van der Waals surface area (Å²) in [4.78, 5) is 2.44. The van der Waals surface area contributed by atoms with Crippen LogP contribution in [0.1, 0.15) is 33.6 Å². The van der Waals surface area contributed by atoms with Gasteiger partial charge >= 0.3 is 0 Å². The quantitative estimate of drug-likeness (QED) is 0.634. The minimum Gasteiger partial charge on any atom is -0.395 e. The highest BCUT2D eigenvalue weighted by atomic mass is 16.3. The number of nitrogens with one attached hydrogen (secondary N) is 1. The Morgan fingerprint density at radius 2 is 2.07 bits per heavy atom. The van der Waals surface area contributed by atoms with Crippen LogP contribution in [0.25, 0.3) is 0 Å². The number of aliphatic hydroxyl groups excluding tert-OH is 1. The van der Waals surface area contributed by atoms with Gasteiger partial charge in [-0.15, -0.1) is 0 Å². The molecule has 1 aliphatic carbocycles. The Bertz CT molecular complexity index is 178. The molecule has 90 valence electrons. The molecule has 0 atom stereocenters. The second-order valence-corrected chi connectivity index (χ2v) is 5.37. The van der Waals surface area contributed by atoms with E-state index in [2.05, 4.69) is 31.0 Å². The third kappa shape index (κ3) is 4.96. The van der Waals surface area contributed by atoms with Crippen LogP contribution in [0.5, 0.6) is 0 Å². The Balaban J connectivity index is 2.33. The summed E-state index contributed by atoms with van der Waals surface area (Å²) in [5.74, 6) is 0. The largest absolute Gasteiger partial charge is 0.395 e. The van der Waals surface area contributed by atoms with Crippen molar-refractivity contribution in [1.82, 2.24) is 10.2 Å². The smallest absolute Gasteiger partial charge is 0.0558 e. The van der Waals surface area contributed by atoms with Crippen molar-refractivity contribution in [1.29, 1.82) is 0 Å². The maximum Gasteiger partial charge on any atom is 0.0558 e. The highest BCUT2D eigenvalue weighted by Crippen LogP contribution is 2.29. The third-order valence-corrected chi connectivity index (χ3v) is 2.94. The van der Waals surface area contributed by atoms with E-state index in [4.69, 9.17) is 5.11 Å². The van der Waals surface area contributed by atoms with E-state index < -0.39 is 0 Å². The van der Waals surface area contributed by atoms with Gasteiger partial charge in [0.25, 0.3) is 0 Å². The molecule has 0 radical (unpaired) electrons. The molecule has 0 aliphatic heterocycles. The van der Waals surface area contributed by atoms with Gasteiger partial charge in [-0.2, -0.15) is 0 Å². The molecular formula is C12H26N2O. The predicted molar refractivity (Wildman–Crippen MR) is 64.0 cm³/mol. The van der Waals surface area contributed by atoms with E-state index in [0.29, 0.717) is 5.41 Å². The maximum atomic E-state index is 9.03. The lowest BCUT2D eigenvalue weighted by Crippen LogP contribution is -2.42. The molecule has 0 heterocycles. The van der Waals surface area contributed by atoms with E-state index in [0.717, 1.165) is 32.2 Å². The Labute approximate surface area is 93.9 Å². The van der Waals surface area contributed by atoms with Crippen molar-refractivity contribution in [2.24, 2.45) is 5.41 Å². The topological polar surface area (TPSA) is 35.5 Å². The minimum atomic E-state index is 0.286. The molecule has 1 saturated carbocycles. The van der Waals surface area contributed by atoms with Gasteiger partial charge in [-0.25, -0.2) is 0 Å². The fraction of sp³-hybridized carbons (Fsp3) is 1.00. The Morgan fingerprint density at radius 3 is 2.53 bits per heavy atom. The van der Waals surface area contributed by atoms with Gasteiger partial charge in [0.1, 0.15) is 0 Å². The van der Waals surface area contributed by atoms with Crippen LogP contribution in [-0.4, -0.2) is 48.8 Å². The van der Waals surface area contributed by atoms with Gasteiger partial charge < -0.3 is 10.4 Å². The van der Waals surface area contributed by atoms with Crippen molar-refractivity contribution >= 4 is 0 Å². The number of nitrogens with zero attached hydrogens (tertiary/aromatic N) is 1. The molecule has 0 amide bonds. The molecule has 0 aromatic rings. The van der Waals surface area contributed by atoms with Crippen LogP contribution in [0.15, 0.2) is 0 Å². The first-order chi connectivity index (χ1) is 7.09. The maximum absolute atomic E-state index is 9.03. The lowest BCUT2D eigenvalue weighted by molar-refractivity contribution is 0.136. The average molecular weight is 214 g/mol. The van der Waals surface area contributed by atoms with Gasteiger partial charge in [-0.05, 0) is 24.8 Å². The Hall–Kier alpha value is -0.120. The van der Waals surface area contributed by atoms with Gasteiger partial charge in [0.15, 0.2) is 0 Å². The molecule has 3 nitrogen and oxygen atoms in total. The number of hydrogen-bond acceptors (Lipinski definition) is 3. The number of rotatable bonds is 8. The van der Waals surface area contributed by atoms with Crippen LogP contribution in [0, 0.1) is 5.41 Å². The zero-order valence-corrected chi connectivity index (χ0v) is 10.4. The first kappa shape index (κ1) is 12.9. The molecule has 1 rings (SSSR count). The summed E-state index contributed by atoms with van der Waals surface area (Å²) >= 11 is 0. The number of hydrogen-bond donors (Lipinski definition) is 2. The average Bonchev–Trinajstić information content (AvgIpc) is 2.97. The first-order valence-electron chi connectivity index (χ1n) is 6.14. The first-order valence-corrected chi connectivity index (χ1v) is 6.14. The summed E-state index contributed by atoms with van der Waals surface area (Å²) in [7, 11) is 0. The predicted octanol–water partition coefficient (Wildman–Crippen LogP) is 1.08. The van der Waals surface area contributed by atoms with Gasteiger partial charge in [-0.3, -0.25) is 4.90 Å². The lowest BCUT2D eigenvalue weighted by atomic mass is 9.92. The van der Waals surface area contributed by atoms with Gasteiger partial charge in [0.2, 0.25) is 0 Å². The number of aliphatic hydroxyl groups is 1. The summed E-state index contributed by atoms with van der Waals surface area (Å²) in [6.45, 7) is 11.0. The second kappa shape index (κ2) is 5.83. The normalized spacial score (nSPS) is 17.4. The monoisotopic (exact) mass is 214 g/mol. The molecular weight excluding hydrogens is 188 g/mol. The van der Waals surface area contributed by atoms with Gasteiger partial charge in [0.05, 0.1) is 6.61 Å². The highest BCUT2D eigenvalue weighted by Gasteiger charge is 2.32. The van der Waals surface area contributed by atoms with Gasteiger partial charge in [-0.1, -0.05) is 20.8 Å². The summed E-state index contributed by atoms with van der Waals surface area (Å²) in [5.41, 5.74) is 0.299. The van der Waals surface area contributed by atoms with Crippen LogP contribution in [0.2, 0.25) is 0 Å². The molecule has 0 unspecified atom stereocenters. The van der Waals surface area contributed by atoms with Crippen molar-refractivity contribution < 1.29 is 5.11 Å². The van der Waals surface area contributed by atoms with Crippen LogP contribution >= 0.6 is 0 Å². The van der Waals surface area contributed by atoms with Crippen LogP contribution in [-0.2, 0) is 0 Å².